The molecule has 104 valence electrons. The summed E-state index contributed by atoms with van der Waals surface area (Å²) in [5, 5.41) is 0. The molecule has 18 heavy (non-hydrogen) atoms. The summed E-state index contributed by atoms with van der Waals surface area (Å²) in [5.41, 5.74) is -0.519. The molecule has 0 aromatic heterocycles. The Morgan fingerprint density at radius 3 is 2.39 bits per heavy atom. The average Bonchev–Trinajstić information content (AvgIpc) is 2.82. The largest absolute Gasteiger partial charge is 0.444 e. The van der Waals surface area contributed by atoms with Crippen molar-refractivity contribution in [3.05, 3.63) is 0 Å². The quantitative estimate of drug-likeness (QED) is 0.721. The highest BCUT2D eigenvalue weighted by atomic mass is 19.1. The summed E-state index contributed by atoms with van der Waals surface area (Å²) < 4.78 is 19.3. The summed E-state index contributed by atoms with van der Waals surface area (Å²) in [4.78, 5) is 15.5. The molecule has 0 aliphatic carbocycles. The predicted molar refractivity (Wildman–Crippen MR) is 67.3 cm³/mol. The van der Waals surface area contributed by atoms with Gasteiger partial charge in [-0.15, -0.1) is 0 Å². The first kappa shape index (κ1) is 13.6. The third-order valence-corrected chi connectivity index (χ3v) is 3.48. The Kier molecular flexibility index (Phi) is 3.80. The van der Waals surface area contributed by atoms with Gasteiger partial charge in [-0.25, -0.2) is 9.18 Å². The zero-order chi connectivity index (χ0) is 13.3. The van der Waals surface area contributed by atoms with E-state index >= 15 is 0 Å². The molecule has 4 nitrogen and oxygen atoms in total. The van der Waals surface area contributed by atoms with Crippen LogP contribution in [0.25, 0.3) is 0 Å². The second-order valence-electron chi connectivity index (χ2n) is 6.21. The van der Waals surface area contributed by atoms with Crippen molar-refractivity contribution in [1.82, 2.24) is 9.80 Å². The first-order valence-electron chi connectivity index (χ1n) is 6.73. The lowest BCUT2D eigenvalue weighted by Crippen LogP contribution is -2.41. The number of amides is 1. The zero-order valence-corrected chi connectivity index (χ0v) is 11.5. The summed E-state index contributed by atoms with van der Waals surface area (Å²) in [6.07, 6.45) is 0.924. The van der Waals surface area contributed by atoms with E-state index in [4.69, 9.17) is 4.74 Å². The first-order valence-corrected chi connectivity index (χ1v) is 6.73. The van der Waals surface area contributed by atoms with E-state index < -0.39 is 17.9 Å². The fourth-order valence-corrected chi connectivity index (χ4v) is 2.64. The number of likely N-dealkylation sites (tertiary alicyclic amines) is 2. The van der Waals surface area contributed by atoms with E-state index in [9.17, 15) is 9.18 Å². The second kappa shape index (κ2) is 5.03. The van der Waals surface area contributed by atoms with Crippen LogP contribution in [0.2, 0.25) is 0 Å². The topological polar surface area (TPSA) is 32.8 Å². The minimum Gasteiger partial charge on any atom is -0.444 e. The number of alkyl halides is 1. The molecule has 2 rings (SSSR count). The van der Waals surface area contributed by atoms with Gasteiger partial charge in [0.05, 0.1) is 12.6 Å². The van der Waals surface area contributed by atoms with Gasteiger partial charge < -0.3 is 9.64 Å². The third kappa shape index (κ3) is 3.13. The van der Waals surface area contributed by atoms with Gasteiger partial charge in [0.2, 0.25) is 0 Å². The maximum absolute atomic E-state index is 14.0. The van der Waals surface area contributed by atoms with E-state index in [1.165, 1.54) is 4.90 Å². The molecule has 0 unspecified atom stereocenters. The highest BCUT2D eigenvalue weighted by Crippen LogP contribution is 2.24. The number of carbonyl (C=O) groups is 1. The van der Waals surface area contributed by atoms with Gasteiger partial charge in [-0.2, -0.15) is 0 Å². The summed E-state index contributed by atoms with van der Waals surface area (Å²) >= 11 is 0. The van der Waals surface area contributed by atoms with Gasteiger partial charge >= 0.3 is 6.09 Å². The van der Waals surface area contributed by atoms with E-state index in [1.54, 1.807) is 0 Å². The molecule has 0 spiro atoms. The van der Waals surface area contributed by atoms with Crippen LogP contribution in [0, 0.1) is 0 Å². The number of halogens is 1. The lowest BCUT2D eigenvalue weighted by Gasteiger charge is -2.26. The Morgan fingerprint density at radius 1 is 1.22 bits per heavy atom. The number of rotatable bonds is 1. The highest BCUT2D eigenvalue weighted by molar-refractivity contribution is 5.68. The molecule has 2 atom stereocenters. The number of hydrogen-bond acceptors (Lipinski definition) is 3. The minimum absolute atomic E-state index is 0.139. The Labute approximate surface area is 108 Å². The molecule has 0 aromatic carbocycles. The zero-order valence-electron chi connectivity index (χ0n) is 11.5. The fraction of sp³-hybridized carbons (Fsp3) is 0.923. The number of ether oxygens (including phenoxy) is 1. The summed E-state index contributed by atoms with van der Waals surface area (Å²) in [7, 11) is 0. The van der Waals surface area contributed by atoms with Gasteiger partial charge in [-0.05, 0) is 46.7 Å². The van der Waals surface area contributed by atoms with Crippen molar-refractivity contribution in [1.29, 1.82) is 0 Å². The van der Waals surface area contributed by atoms with E-state index in [2.05, 4.69) is 4.90 Å². The molecule has 0 radical (unpaired) electrons. The minimum atomic E-state index is -0.949. The molecule has 0 saturated carbocycles. The monoisotopic (exact) mass is 258 g/mol. The van der Waals surface area contributed by atoms with E-state index in [1.807, 2.05) is 20.8 Å². The van der Waals surface area contributed by atoms with Crippen LogP contribution in [0.5, 0.6) is 0 Å². The van der Waals surface area contributed by atoms with Gasteiger partial charge in [0, 0.05) is 6.54 Å². The van der Waals surface area contributed by atoms with Crippen molar-refractivity contribution < 1.29 is 13.9 Å². The summed E-state index contributed by atoms with van der Waals surface area (Å²) in [6.45, 7) is 8.00. The molecule has 2 saturated heterocycles. The van der Waals surface area contributed by atoms with Crippen LogP contribution in [0.15, 0.2) is 0 Å². The molecular weight excluding hydrogens is 235 g/mol. The number of nitrogens with zero attached hydrogens (tertiary/aromatic N) is 2. The van der Waals surface area contributed by atoms with Crippen LogP contribution < -0.4 is 0 Å². The standard InChI is InChI=1S/C13H23FN2O2/c1-13(2,3)18-12(17)16-8-10(14)11(9-16)15-6-4-5-7-15/h10-11H,4-9H2,1-3H3/t10-,11+/m1/s1. The molecule has 2 heterocycles. The third-order valence-electron chi connectivity index (χ3n) is 3.48. The maximum atomic E-state index is 14.0. The lowest BCUT2D eigenvalue weighted by atomic mass is 10.2. The van der Waals surface area contributed by atoms with Crippen molar-refractivity contribution in [3.8, 4) is 0 Å². The van der Waals surface area contributed by atoms with Crippen LogP contribution in [0.4, 0.5) is 9.18 Å². The molecule has 0 bridgehead atoms. The Bertz CT molecular complexity index is 311. The van der Waals surface area contributed by atoms with Gasteiger partial charge in [0.25, 0.3) is 0 Å². The Morgan fingerprint density at radius 2 is 1.83 bits per heavy atom. The molecular formula is C13H23FN2O2. The van der Waals surface area contributed by atoms with Crippen LogP contribution in [0.3, 0.4) is 0 Å². The van der Waals surface area contributed by atoms with E-state index in [-0.39, 0.29) is 12.6 Å². The molecule has 0 N–H and O–H groups in total. The normalized spacial score (nSPS) is 29.9. The summed E-state index contributed by atoms with van der Waals surface area (Å²) in [6, 6.07) is -0.139. The lowest BCUT2D eigenvalue weighted by molar-refractivity contribution is 0.0278. The Balaban J connectivity index is 1.91. The van der Waals surface area contributed by atoms with Crippen molar-refractivity contribution in [2.45, 2.75) is 51.4 Å². The van der Waals surface area contributed by atoms with Crippen LogP contribution in [-0.2, 0) is 4.74 Å². The van der Waals surface area contributed by atoms with Crippen molar-refractivity contribution >= 4 is 6.09 Å². The van der Waals surface area contributed by atoms with E-state index in [0.29, 0.717) is 6.54 Å². The number of carbonyl (C=O) groups excluding carboxylic acids is 1. The SMILES string of the molecule is CC(C)(C)OC(=O)N1C[C@@H](F)[C@@H](N2CCCC2)C1. The van der Waals surface area contributed by atoms with Crippen LogP contribution in [0.1, 0.15) is 33.6 Å². The molecule has 5 heteroatoms. The first-order chi connectivity index (χ1) is 8.37. The fourth-order valence-electron chi connectivity index (χ4n) is 2.64. The van der Waals surface area contributed by atoms with Gasteiger partial charge in [0.15, 0.2) is 0 Å². The van der Waals surface area contributed by atoms with Crippen LogP contribution >= 0.6 is 0 Å². The number of hydrogen-bond donors (Lipinski definition) is 0. The van der Waals surface area contributed by atoms with Crippen molar-refractivity contribution in [2.75, 3.05) is 26.2 Å². The molecule has 1 amide bonds. The molecule has 2 aliphatic rings. The van der Waals surface area contributed by atoms with Gasteiger partial charge in [-0.1, -0.05) is 0 Å². The van der Waals surface area contributed by atoms with E-state index in [0.717, 1.165) is 25.9 Å². The highest BCUT2D eigenvalue weighted by Gasteiger charge is 2.40. The van der Waals surface area contributed by atoms with Gasteiger partial charge in [0.1, 0.15) is 11.8 Å². The molecule has 0 aromatic rings. The second-order valence-corrected chi connectivity index (χ2v) is 6.21. The van der Waals surface area contributed by atoms with Crippen LogP contribution in [-0.4, -0.2) is 59.9 Å². The summed E-state index contributed by atoms with van der Waals surface area (Å²) in [5.74, 6) is 0. The van der Waals surface area contributed by atoms with Gasteiger partial charge in [-0.3, -0.25) is 4.90 Å². The maximum Gasteiger partial charge on any atom is 0.410 e. The molecule has 2 aliphatic heterocycles. The average molecular weight is 258 g/mol. The predicted octanol–water partition coefficient (Wildman–Crippen LogP) is 2.04. The van der Waals surface area contributed by atoms with Crippen molar-refractivity contribution in [3.63, 3.8) is 0 Å². The Hall–Kier alpha value is -0.840. The smallest absolute Gasteiger partial charge is 0.410 e. The molecule has 2 fully saturated rings. The van der Waals surface area contributed by atoms with Crippen molar-refractivity contribution in [2.24, 2.45) is 0 Å².